The second-order valence-corrected chi connectivity index (χ2v) is 6.95. The van der Waals surface area contributed by atoms with E-state index in [2.05, 4.69) is 48.3 Å². The zero-order valence-electron chi connectivity index (χ0n) is 14.9. The summed E-state index contributed by atoms with van der Waals surface area (Å²) in [6.07, 6.45) is 3.43. The maximum Gasteiger partial charge on any atom is 0.193 e. The van der Waals surface area contributed by atoms with E-state index in [9.17, 15) is 0 Å². The van der Waals surface area contributed by atoms with Crippen LogP contribution in [0.1, 0.15) is 30.9 Å². The largest absolute Gasteiger partial charge is 0.381 e. The molecule has 1 unspecified atom stereocenters. The summed E-state index contributed by atoms with van der Waals surface area (Å²) in [6, 6.07) is 8.72. The molecule has 0 amide bonds. The second kappa shape index (κ2) is 9.04. The first-order valence-corrected chi connectivity index (χ1v) is 8.87. The van der Waals surface area contributed by atoms with Crippen LogP contribution in [-0.2, 0) is 11.2 Å². The Hall–Kier alpha value is -0.820. The number of aliphatic imine (C=N–C) groups is 1. The van der Waals surface area contributed by atoms with Crippen molar-refractivity contribution in [1.29, 1.82) is 0 Å². The minimum atomic E-state index is 0. The molecule has 0 saturated carbocycles. The second-order valence-electron chi connectivity index (χ2n) is 6.95. The van der Waals surface area contributed by atoms with E-state index in [0.29, 0.717) is 5.41 Å². The highest BCUT2D eigenvalue weighted by molar-refractivity contribution is 14.0. The van der Waals surface area contributed by atoms with Crippen molar-refractivity contribution in [2.24, 2.45) is 10.4 Å². The lowest BCUT2D eigenvalue weighted by Crippen LogP contribution is -2.41. The summed E-state index contributed by atoms with van der Waals surface area (Å²) in [7, 11) is 0. The summed E-state index contributed by atoms with van der Waals surface area (Å²) < 4.78 is 5.63. The fourth-order valence-corrected chi connectivity index (χ4v) is 3.67. The van der Waals surface area contributed by atoms with Gasteiger partial charge in [-0.05, 0) is 38.7 Å². The Morgan fingerprint density at radius 3 is 2.96 bits per heavy atom. The first-order chi connectivity index (χ1) is 11.2. The summed E-state index contributed by atoms with van der Waals surface area (Å²) >= 11 is 0. The summed E-state index contributed by atoms with van der Waals surface area (Å²) in [5.41, 5.74) is 3.07. The average molecular weight is 443 g/mol. The van der Waals surface area contributed by atoms with Crippen LogP contribution in [0.5, 0.6) is 0 Å². The van der Waals surface area contributed by atoms with Gasteiger partial charge in [0.05, 0.1) is 6.61 Å². The molecule has 24 heavy (non-hydrogen) atoms. The summed E-state index contributed by atoms with van der Waals surface area (Å²) in [5, 5.41) is 3.46. The number of ether oxygens (including phenoxy) is 1. The molecule has 1 N–H and O–H groups in total. The molecule has 1 spiro atoms. The van der Waals surface area contributed by atoms with E-state index < -0.39 is 0 Å². The van der Waals surface area contributed by atoms with Crippen LogP contribution >= 0.6 is 24.0 Å². The van der Waals surface area contributed by atoms with Crippen LogP contribution in [0, 0.1) is 12.3 Å². The molecular weight excluding hydrogens is 413 g/mol. The highest BCUT2D eigenvalue weighted by atomic mass is 127. The molecule has 0 radical (unpaired) electrons. The third-order valence-electron chi connectivity index (χ3n) is 5.00. The van der Waals surface area contributed by atoms with Crippen molar-refractivity contribution in [2.75, 3.05) is 39.4 Å². The Kier molecular flexibility index (Phi) is 7.34. The van der Waals surface area contributed by atoms with Crippen LogP contribution in [-0.4, -0.2) is 50.3 Å². The number of likely N-dealkylation sites (tertiary alicyclic amines) is 1. The highest BCUT2D eigenvalue weighted by Gasteiger charge is 2.42. The first-order valence-electron chi connectivity index (χ1n) is 8.87. The fourth-order valence-electron chi connectivity index (χ4n) is 3.67. The van der Waals surface area contributed by atoms with E-state index in [-0.39, 0.29) is 24.0 Å². The minimum Gasteiger partial charge on any atom is -0.381 e. The van der Waals surface area contributed by atoms with E-state index in [4.69, 9.17) is 9.73 Å². The third kappa shape index (κ3) is 4.85. The van der Waals surface area contributed by atoms with Gasteiger partial charge in [-0.25, -0.2) is 0 Å². The first kappa shape index (κ1) is 19.5. The number of hydrogen-bond donors (Lipinski definition) is 1. The Bertz CT molecular complexity index is 555. The number of nitrogens with zero attached hydrogens (tertiary/aromatic N) is 2. The zero-order valence-corrected chi connectivity index (χ0v) is 17.2. The smallest absolute Gasteiger partial charge is 0.193 e. The lowest BCUT2D eigenvalue weighted by atomic mass is 9.87. The predicted molar refractivity (Wildman–Crippen MR) is 110 cm³/mol. The fraction of sp³-hybridized carbons (Fsp3) is 0.632. The quantitative estimate of drug-likeness (QED) is 0.441. The molecule has 3 rings (SSSR count). The summed E-state index contributed by atoms with van der Waals surface area (Å²) in [6.45, 7) is 10.1. The number of hydrogen-bond acceptors (Lipinski definition) is 2. The maximum atomic E-state index is 5.63. The molecule has 5 heteroatoms. The van der Waals surface area contributed by atoms with E-state index in [1.165, 1.54) is 24.0 Å². The van der Waals surface area contributed by atoms with Crippen molar-refractivity contribution in [2.45, 2.75) is 33.1 Å². The zero-order chi connectivity index (χ0) is 16.1. The molecule has 134 valence electrons. The van der Waals surface area contributed by atoms with Gasteiger partial charge in [-0.2, -0.15) is 0 Å². The predicted octanol–water partition coefficient (Wildman–Crippen LogP) is 3.23. The Morgan fingerprint density at radius 1 is 1.38 bits per heavy atom. The number of halogens is 1. The standard InChI is InChI=1S/C19H29N3O.HI/c1-3-20-18(21-10-7-17-6-4-5-16(2)13-17)22-11-8-19(14-22)9-12-23-15-19;/h4-6,13H,3,7-12,14-15H2,1-2H3,(H,20,21);1H. The maximum absolute atomic E-state index is 5.63. The van der Waals surface area contributed by atoms with Crippen molar-refractivity contribution in [3.05, 3.63) is 35.4 Å². The lowest BCUT2D eigenvalue weighted by Gasteiger charge is -2.25. The molecule has 0 bridgehead atoms. The van der Waals surface area contributed by atoms with Gasteiger partial charge >= 0.3 is 0 Å². The van der Waals surface area contributed by atoms with Gasteiger partial charge in [-0.1, -0.05) is 29.8 Å². The Balaban J connectivity index is 0.00000208. The van der Waals surface area contributed by atoms with Gasteiger partial charge in [0, 0.05) is 38.2 Å². The molecule has 1 aromatic rings. The van der Waals surface area contributed by atoms with Gasteiger partial charge in [0.2, 0.25) is 0 Å². The number of guanidine groups is 1. The SMILES string of the molecule is CCNC(=NCCc1cccc(C)c1)N1CCC2(CCOC2)C1.I. The molecule has 0 aromatic heterocycles. The molecule has 2 fully saturated rings. The molecular formula is C19H30IN3O. The van der Waals surface area contributed by atoms with Crippen molar-refractivity contribution in [3.8, 4) is 0 Å². The lowest BCUT2D eigenvalue weighted by molar-refractivity contribution is 0.156. The van der Waals surface area contributed by atoms with Crippen LogP contribution in [0.2, 0.25) is 0 Å². The molecule has 0 aliphatic carbocycles. The number of aryl methyl sites for hydroxylation is 1. The summed E-state index contributed by atoms with van der Waals surface area (Å²) in [5.74, 6) is 1.07. The van der Waals surface area contributed by atoms with Crippen molar-refractivity contribution in [3.63, 3.8) is 0 Å². The molecule has 2 saturated heterocycles. The van der Waals surface area contributed by atoms with E-state index in [1.807, 2.05) is 0 Å². The molecule has 2 aliphatic heterocycles. The van der Waals surface area contributed by atoms with Crippen LogP contribution in [0.3, 0.4) is 0 Å². The van der Waals surface area contributed by atoms with Crippen LogP contribution in [0.25, 0.3) is 0 Å². The van der Waals surface area contributed by atoms with Gasteiger partial charge in [-0.15, -0.1) is 24.0 Å². The topological polar surface area (TPSA) is 36.9 Å². The van der Waals surface area contributed by atoms with E-state index in [1.54, 1.807) is 0 Å². The molecule has 1 aromatic carbocycles. The summed E-state index contributed by atoms with van der Waals surface area (Å²) in [4.78, 5) is 7.29. The normalized spacial score (nSPS) is 23.6. The monoisotopic (exact) mass is 443 g/mol. The van der Waals surface area contributed by atoms with Gasteiger partial charge < -0.3 is 15.0 Å². The van der Waals surface area contributed by atoms with Crippen molar-refractivity contribution < 1.29 is 4.74 Å². The molecule has 2 heterocycles. The Morgan fingerprint density at radius 2 is 2.25 bits per heavy atom. The van der Waals surface area contributed by atoms with Crippen LogP contribution in [0.4, 0.5) is 0 Å². The van der Waals surface area contributed by atoms with Gasteiger partial charge in [0.25, 0.3) is 0 Å². The average Bonchev–Trinajstić information content (AvgIpc) is 3.17. The highest BCUT2D eigenvalue weighted by Crippen LogP contribution is 2.38. The van der Waals surface area contributed by atoms with E-state index in [0.717, 1.165) is 51.8 Å². The van der Waals surface area contributed by atoms with Crippen LogP contribution in [0.15, 0.2) is 29.3 Å². The number of rotatable bonds is 4. The number of benzene rings is 1. The van der Waals surface area contributed by atoms with Gasteiger partial charge in [0.1, 0.15) is 0 Å². The van der Waals surface area contributed by atoms with E-state index >= 15 is 0 Å². The Labute approximate surface area is 163 Å². The molecule has 1 atom stereocenters. The molecule has 2 aliphatic rings. The molecule has 4 nitrogen and oxygen atoms in total. The van der Waals surface area contributed by atoms with Gasteiger partial charge in [-0.3, -0.25) is 4.99 Å². The van der Waals surface area contributed by atoms with Crippen LogP contribution < -0.4 is 5.32 Å². The van der Waals surface area contributed by atoms with Gasteiger partial charge in [0.15, 0.2) is 5.96 Å². The number of nitrogens with one attached hydrogen (secondary N) is 1. The van der Waals surface area contributed by atoms with Crippen molar-refractivity contribution in [1.82, 2.24) is 10.2 Å². The van der Waals surface area contributed by atoms with Crippen molar-refractivity contribution >= 4 is 29.9 Å². The minimum absolute atomic E-state index is 0. The third-order valence-corrected chi connectivity index (χ3v) is 5.00.